The van der Waals surface area contributed by atoms with Gasteiger partial charge in [0.1, 0.15) is 17.2 Å². The molecule has 3 aromatic rings. The molecule has 1 heterocycles. The molecule has 0 unspecified atom stereocenters. The molecular formula is C20H17F3N4O5S2. The summed E-state index contributed by atoms with van der Waals surface area (Å²) in [5.41, 5.74) is 0.602. The summed E-state index contributed by atoms with van der Waals surface area (Å²) in [6.07, 6.45) is -4.79. The van der Waals surface area contributed by atoms with E-state index in [2.05, 4.69) is 25.6 Å². The predicted octanol–water partition coefficient (Wildman–Crippen LogP) is 4.44. The van der Waals surface area contributed by atoms with Gasteiger partial charge in [0.2, 0.25) is 11.0 Å². The van der Waals surface area contributed by atoms with Gasteiger partial charge >= 0.3 is 6.36 Å². The van der Waals surface area contributed by atoms with E-state index < -0.39 is 23.9 Å². The lowest BCUT2D eigenvalue weighted by Gasteiger charge is -2.09. The Morgan fingerprint density at radius 2 is 1.62 bits per heavy atom. The zero-order chi connectivity index (χ0) is 24.7. The number of nitrogens with one attached hydrogen (secondary N) is 2. The molecular weight excluding hydrogens is 497 g/mol. The zero-order valence-corrected chi connectivity index (χ0v) is 19.3. The Kier molecular flexibility index (Phi) is 8.17. The van der Waals surface area contributed by atoms with Crippen LogP contribution in [0.1, 0.15) is 10.4 Å². The van der Waals surface area contributed by atoms with Gasteiger partial charge in [0.25, 0.3) is 5.91 Å². The summed E-state index contributed by atoms with van der Waals surface area (Å²) in [5.74, 6) is -0.371. The van der Waals surface area contributed by atoms with E-state index in [4.69, 9.17) is 9.47 Å². The van der Waals surface area contributed by atoms with Crippen molar-refractivity contribution >= 4 is 45.7 Å². The van der Waals surface area contributed by atoms with Crippen LogP contribution in [0.5, 0.6) is 17.2 Å². The topological polar surface area (TPSA) is 112 Å². The average molecular weight is 515 g/mol. The summed E-state index contributed by atoms with van der Waals surface area (Å²) in [6, 6.07) is 9.47. The highest BCUT2D eigenvalue weighted by molar-refractivity contribution is 8.01. The van der Waals surface area contributed by atoms with Crippen molar-refractivity contribution in [2.45, 2.75) is 10.7 Å². The van der Waals surface area contributed by atoms with Gasteiger partial charge in [-0.25, -0.2) is 0 Å². The number of carbonyl (C=O) groups is 2. The maximum absolute atomic E-state index is 12.5. The van der Waals surface area contributed by atoms with Crippen LogP contribution in [-0.2, 0) is 4.79 Å². The number of anilines is 2. The Hall–Kier alpha value is -3.52. The van der Waals surface area contributed by atoms with Crippen LogP contribution >= 0.6 is 23.1 Å². The van der Waals surface area contributed by atoms with Crippen molar-refractivity contribution in [1.29, 1.82) is 0 Å². The third-order valence-electron chi connectivity index (χ3n) is 3.94. The molecule has 180 valence electrons. The van der Waals surface area contributed by atoms with Crippen molar-refractivity contribution in [3.05, 3.63) is 48.0 Å². The zero-order valence-electron chi connectivity index (χ0n) is 17.6. The van der Waals surface area contributed by atoms with Gasteiger partial charge in [0.15, 0.2) is 4.34 Å². The molecule has 14 heteroatoms. The van der Waals surface area contributed by atoms with E-state index in [-0.39, 0.29) is 10.9 Å². The van der Waals surface area contributed by atoms with Crippen LogP contribution in [-0.4, -0.2) is 48.3 Å². The van der Waals surface area contributed by atoms with Crippen LogP contribution in [0.2, 0.25) is 0 Å². The minimum atomic E-state index is -4.79. The van der Waals surface area contributed by atoms with Gasteiger partial charge in [-0.05, 0) is 36.4 Å². The second-order valence-electron chi connectivity index (χ2n) is 6.34. The number of thioether (sulfide) groups is 1. The molecule has 2 N–H and O–H groups in total. The lowest BCUT2D eigenvalue weighted by atomic mass is 10.2. The van der Waals surface area contributed by atoms with Crippen molar-refractivity contribution < 1.29 is 37.0 Å². The van der Waals surface area contributed by atoms with Crippen LogP contribution in [0, 0.1) is 0 Å². The number of carbonyl (C=O) groups excluding carboxylic acids is 2. The average Bonchev–Trinajstić information content (AvgIpc) is 3.25. The normalized spacial score (nSPS) is 11.0. The summed E-state index contributed by atoms with van der Waals surface area (Å²) in [4.78, 5) is 24.6. The van der Waals surface area contributed by atoms with Crippen molar-refractivity contribution in [2.24, 2.45) is 0 Å². The molecule has 0 bridgehead atoms. The van der Waals surface area contributed by atoms with Gasteiger partial charge < -0.3 is 19.5 Å². The van der Waals surface area contributed by atoms with Crippen LogP contribution < -0.4 is 24.8 Å². The van der Waals surface area contributed by atoms with Crippen LogP contribution in [0.4, 0.5) is 24.0 Å². The quantitative estimate of drug-likeness (QED) is 0.319. The summed E-state index contributed by atoms with van der Waals surface area (Å²) in [6.45, 7) is 0. The van der Waals surface area contributed by atoms with Crippen molar-refractivity contribution in [2.75, 3.05) is 30.6 Å². The third-order valence-corrected chi connectivity index (χ3v) is 5.91. The smallest absolute Gasteiger partial charge is 0.497 e. The first-order valence-corrected chi connectivity index (χ1v) is 11.1. The van der Waals surface area contributed by atoms with E-state index in [1.165, 1.54) is 26.4 Å². The van der Waals surface area contributed by atoms with Gasteiger partial charge in [-0.3, -0.25) is 14.9 Å². The van der Waals surface area contributed by atoms with Crippen LogP contribution in [0.15, 0.2) is 46.8 Å². The predicted molar refractivity (Wildman–Crippen MR) is 120 cm³/mol. The molecule has 1 aromatic heterocycles. The highest BCUT2D eigenvalue weighted by Gasteiger charge is 2.31. The Balaban J connectivity index is 1.51. The van der Waals surface area contributed by atoms with E-state index in [9.17, 15) is 22.8 Å². The highest BCUT2D eigenvalue weighted by Crippen LogP contribution is 2.28. The van der Waals surface area contributed by atoms with Gasteiger partial charge in [-0.15, -0.1) is 23.4 Å². The standard InChI is InChI=1S/C20H17F3N4O5S2/c1-30-14-7-11(8-15(9-14)31-2)17(29)25-18-26-27-19(34-18)33-10-16(28)24-12-3-5-13(6-4-12)32-20(21,22)23/h3-9H,10H2,1-2H3,(H,24,28)(H,25,26,29). The molecule has 0 aliphatic heterocycles. The van der Waals surface area contributed by atoms with E-state index in [0.717, 1.165) is 35.2 Å². The molecule has 34 heavy (non-hydrogen) atoms. The highest BCUT2D eigenvalue weighted by atomic mass is 32.2. The molecule has 3 rings (SSSR count). The molecule has 0 saturated heterocycles. The molecule has 0 spiro atoms. The number of ether oxygens (including phenoxy) is 3. The number of halogens is 3. The Labute approximate surface area is 199 Å². The molecule has 0 atom stereocenters. The number of alkyl halides is 3. The monoisotopic (exact) mass is 514 g/mol. The second-order valence-corrected chi connectivity index (χ2v) is 8.54. The second kappa shape index (κ2) is 11.1. The lowest BCUT2D eigenvalue weighted by molar-refractivity contribution is -0.274. The van der Waals surface area contributed by atoms with Crippen LogP contribution in [0.25, 0.3) is 0 Å². The Bertz CT molecular complexity index is 1130. The molecule has 0 aliphatic carbocycles. The van der Waals surface area contributed by atoms with E-state index in [1.54, 1.807) is 18.2 Å². The molecule has 2 amide bonds. The molecule has 9 nitrogen and oxygen atoms in total. The number of hydrogen-bond acceptors (Lipinski definition) is 9. The molecule has 0 radical (unpaired) electrons. The molecule has 0 saturated carbocycles. The van der Waals surface area contributed by atoms with Gasteiger partial charge in [-0.2, -0.15) is 0 Å². The number of aromatic nitrogens is 2. The van der Waals surface area contributed by atoms with Crippen molar-refractivity contribution in [3.63, 3.8) is 0 Å². The number of rotatable bonds is 9. The minimum Gasteiger partial charge on any atom is -0.497 e. The summed E-state index contributed by atoms with van der Waals surface area (Å²) in [5, 5.41) is 13.2. The Morgan fingerprint density at radius 3 is 2.21 bits per heavy atom. The van der Waals surface area contributed by atoms with Crippen molar-refractivity contribution in [1.82, 2.24) is 10.2 Å². The summed E-state index contributed by atoms with van der Waals surface area (Å²) in [7, 11) is 2.94. The fourth-order valence-electron chi connectivity index (χ4n) is 2.49. The summed E-state index contributed by atoms with van der Waals surface area (Å²) < 4.78 is 51.1. The number of amides is 2. The van der Waals surface area contributed by atoms with Gasteiger partial charge in [-0.1, -0.05) is 23.1 Å². The van der Waals surface area contributed by atoms with Gasteiger partial charge in [0, 0.05) is 17.3 Å². The lowest BCUT2D eigenvalue weighted by Crippen LogP contribution is -2.17. The van der Waals surface area contributed by atoms with E-state index in [0.29, 0.717) is 27.1 Å². The summed E-state index contributed by atoms with van der Waals surface area (Å²) >= 11 is 2.16. The number of hydrogen-bond donors (Lipinski definition) is 2. The molecule has 0 fully saturated rings. The maximum Gasteiger partial charge on any atom is 0.573 e. The molecule has 2 aromatic carbocycles. The first-order valence-electron chi connectivity index (χ1n) is 9.31. The number of benzene rings is 2. The molecule has 0 aliphatic rings. The first-order chi connectivity index (χ1) is 16.1. The van der Waals surface area contributed by atoms with E-state index in [1.807, 2.05) is 0 Å². The maximum atomic E-state index is 12.5. The third kappa shape index (κ3) is 7.52. The first kappa shape index (κ1) is 25.1. The Morgan fingerprint density at radius 1 is 0.971 bits per heavy atom. The SMILES string of the molecule is COc1cc(OC)cc(C(=O)Nc2nnc(SCC(=O)Nc3ccc(OC(F)(F)F)cc3)s2)c1. The van der Waals surface area contributed by atoms with E-state index >= 15 is 0 Å². The van der Waals surface area contributed by atoms with Gasteiger partial charge in [0.05, 0.1) is 20.0 Å². The largest absolute Gasteiger partial charge is 0.573 e. The van der Waals surface area contributed by atoms with Crippen molar-refractivity contribution in [3.8, 4) is 17.2 Å². The van der Waals surface area contributed by atoms with Crippen LogP contribution in [0.3, 0.4) is 0 Å². The minimum absolute atomic E-state index is 0.0313. The fraction of sp³-hybridized carbons (Fsp3) is 0.200. The fourth-order valence-corrected chi connectivity index (χ4v) is 4.04. The number of nitrogens with zero attached hydrogens (tertiary/aromatic N) is 2. The number of methoxy groups -OCH3 is 2.